The van der Waals surface area contributed by atoms with E-state index in [0.717, 1.165) is 63.3 Å². The van der Waals surface area contributed by atoms with Crippen molar-refractivity contribution in [3.8, 4) is 11.5 Å². The number of hydrogen-bond donors (Lipinski definition) is 2. The largest absolute Gasteiger partial charge is 0.504 e. The fraction of sp³-hybridized carbons (Fsp3) is 0.586. The van der Waals surface area contributed by atoms with Gasteiger partial charge in [-0.2, -0.15) is 0 Å². The summed E-state index contributed by atoms with van der Waals surface area (Å²) in [6.45, 7) is 6.17. The fourth-order valence-electron chi connectivity index (χ4n) is 8.11. The van der Waals surface area contributed by atoms with Crippen LogP contribution in [0.3, 0.4) is 0 Å². The molecule has 0 amide bonds. The minimum Gasteiger partial charge on any atom is -0.504 e. The number of rotatable bonds is 6. The van der Waals surface area contributed by atoms with Crippen molar-refractivity contribution in [3.05, 3.63) is 59.2 Å². The van der Waals surface area contributed by atoms with E-state index in [1.54, 1.807) is 0 Å². The summed E-state index contributed by atoms with van der Waals surface area (Å²) in [5.74, 6) is 1.69. The Hall–Kier alpha value is -2.08. The molecule has 3 fully saturated rings. The highest BCUT2D eigenvalue weighted by Crippen LogP contribution is 2.66. The van der Waals surface area contributed by atoms with E-state index < -0.39 is 11.0 Å². The Balaban J connectivity index is 1.32. The minimum absolute atomic E-state index is 0.136. The van der Waals surface area contributed by atoms with Crippen LogP contribution in [0.2, 0.25) is 0 Å². The van der Waals surface area contributed by atoms with Gasteiger partial charge >= 0.3 is 0 Å². The highest BCUT2D eigenvalue weighted by Gasteiger charge is 2.73. The van der Waals surface area contributed by atoms with E-state index in [-0.39, 0.29) is 23.9 Å². The molecule has 1 unspecified atom stereocenters. The molecule has 2 aliphatic heterocycles. The maximum absolute atomic E-state index is 12.6. The summed E-state index contributed by atoms with van der Waals surface area (Å²) in [5, 5.41) is 23.5. The second-order valence-corrected chi connectivity index (χ2v) is 11.4. The Labute approximate surface area is 202 Å². The van der Waals surface area contributed by atoms with Crippen LogP contribution in [-0.4, -0.2) is 63.4 Å². The zero-order chi connectivity index (χ0) is 23.1. The Bertz CT molecular complexity index is 1100. The Kier molecular flexibility index (Phi) is 4.66. The molecule has 2 aromatic rings. The number of hydrogen-bond acceptors (Lipinski definition) is 5. The molecule has 2 saturated carbocycles. The summed E-state index contributed by atoms with van der Waals surface area (Å²) >= 11 is 0. The van der Waals surface area contributed by atoms with Gasteiger partial charge in [0.2, 0.25) is 0 Å². The van der Waals surface area contributed by atoms with Crippen molar-refractivity contribution in [1.82, 2.24) is 9.80 Å². The van der Waals surface area contributed by atoms with Crippen LogP contribution in [0, 0.1) is 5.92 Å². The predicted octanol–water partition coefficient (Wildman–Crippen LogP) is 3.85. The molecule has 5 nitrogen and oxygen atoms in total. The van der Waals surface area contributed by atoms with Crippen LogP contribution in [0.15, 0.2) is 42.5 Å². The number of ether oxygens (including phenoxy) is 1. The van der Waals surface area contributed by atoms with E-state index in [4.69, 9.17) is 4.74 Å². The quantitative estimate of drug-likeness (QED) is 0.686. The second-order valence-electron chi connectivity index (χ2n) is 11.4. The molecule has 3 aliphatic carbocycles. The van der Waals surface area contributed by atoms with Crippen molar-refractivity contribution in [1.29, 1.82) is 0 Å². The number of likely N-dealkylation sites (tertiary alicyclic amines) is 1. The van der Waals surface area contributed by atoms with E-state index in [1.165, 1.54) is 24.0 Å². The van der Waals surface area contributed by atoms with Gasteiger partial charge in [0.25, 0.3) is 0 Å². The maximum Gasteiger partial charge on any atom is 0.165 e. The van der Waals surface area contributed by atoms with Crippen molar-refractivity contribution in [2.45, 2.75) is 81.2 Å². The second kappa shape index (κ2) is 7.46. The lowest BCUT2D eigenvalue weighted by Crippen LogP contribution is -2.78. The number of nitrogens with zero attached hydrogens (tertiary/aromatic N) is 2. The average molecular weight is 461 g/mol. The number of aliphatic hydroxyl groups is 1. The third kappa shape index (κ3) is 2.78. The third-order valence-electron chi connectivity index (χ3n) is 9.84. The summed E-state index contributed by atoms with van der Waals surface area (Å²) in [5.41, 5.74) is 2.47. The van der Waals surface area contributed by atoms with Crippen molar-refractivity contribution in [3.63, 3.8) is 0 Å². The first-order valence-electron chi connectivity index (χ1n) is 13.3. The van der Waals surface area contributed by atoms with Gasteiger partial charge in [-0.05, 0) is 74.7 Å². The molecule has 2 bridgehead atoms. The smallest absolute Gasteiger partial charge is 0.165 e. The molecule has 5 heteroatoms. The fourth-order valence-corrected chi connectivity index (χ4v) is 8.11. The molecule has 2 N–H and O–H groups in total. The molecule has 1 saturated heterocycles. The van der Waals surface area contributed by atoms with E-state index >= 15 is 0 Å². The highest BCUT2D eigenvalue weighted by atomic mass is 16.5. The molecule has 2 heterocycles. The monoisotopic (exact) mass is 460 g/mol. The lowest BCUT2D eigenvalue weighted by atomic mass is 9.48. The van der Waals surface area contributed by atoms with Gasteiger partial charge in [-0.1, -0.05) is 43.3 Å². The van der Waals surface area contributed by atoms with E-state index in [1.807, 2.05) is 6.07 Å². The first kappa shape index (κ1) is 21.2. The molecular formula is C29H36N2O3. The van der Waals surface area contributed by atoms with Crippen molar-refractivity contribution in [2.24, 2.45) is 5.92 Å². The molecule has 5 aliphatic rings. The minimum atomic E-state index is -0.806. The van der Waals surface area contributed by atoms with E-state index in [0.29, 0.717) is 5.75 Å². The average Bonchev–Trinajstić information content (AvgIpc) is 3.59. The molecule has 7 rings (SSSR count). The van der Waals surface area contributed by atoms with Crippen LogP contribution in [0.25, 0.3) is 0 Å². The number of aromatic hydroxyl groups is 1. The van der Waals surface area contributed by atoms with Crippen LogP contribution in [0.5, 0.6) is 11.5 Å². The summed E-state index contributed by atoms with van der Waals surface area (Å²) in [6, 6.07) is 14.9. The zero-order valence-corrected chi connectivity index (χ0v) is 20.1. The zero-order valence-electron chi connectivity index (χ0n) is 20.1. The van der Waals surface area contributed by atoms with Gasteiger partial charge in [0.15, 0.2) is 11.5 Å². The van der Waals surface area contributed by atoms with Gasteiger partial charge in [-0.3, -0.25) is 9.80 Å². The number of phenolic OH excluding ortho intramolecular Hbond substituents is 1. The number of phenols is 1. The van der Waals surface area contributed by atoms with E-state index in [9.17, 15) is 10.2 Å². The standard InChI is InChI=1S/C29H36N2O3/c1-2-30(17-19-6-4-3-5-7-19)22-12-13-29(33)24-16-21-10-11-23(32)26-25(21)28(29,27(22)34-26)14-15-31(24)18-20-8-9-20/h3-7,10-11,20,22,24,27,32-33H,2,8-9,12-18H2,1H3/t22-,24?,27+,28+,29-/m0/s1. The van der Waals surface area contributed by atoms with Crippen LogP contribution in [-0.2, 0) is 18.4 Å². The summed E-state index contributed by atoms with van der Waals surface area (Å²) < 4.78 is 6.77. The van der Waals surface area contributed by atoms with Gasteiger partial charge in [0, 0.05) is 30.7 Å². The lowest BCUT2D eigenvalue weighted by Gasteiger charge is -2.65. The molecule has 34 heavy (non-hydrogen) atoms. The van der Waals surface area contributed by atoms with Crippen LogP contribution in [0.1, 0.15) is 55.7 Å². The molecular weight excluding hydrogens is 424 g/mol. The Morgan fingerprint density at radius 2 is 1.91 bits per heavy atom. The summed E-state index contributed by atoms with van der Waals surface area (Å²) in [4.78, 5) is 5.15. The highest BCUT2D eigenvalue weighted by molar-refractivity contribution is 5.62. The third-order valence-corrected chi connectivity index (χ3v) is 9.84. The van der Waals surface area contributed by atoms with Crippen LogP contribution < -0.4 is 4.74 Å². The number of likely N-dealkylation sites (N-methyl/N-ethyl adjacent to an activating group) is 1. The molecule has 0 aromatic heterocycles. The Morgan fingerprint density at radius 3 is 2.68 bits per heavy atom. The van der Waals surface area contributed by atoms with Gasteiger partial charge in [-0.25, -0.2) is 0 Å². The molecule has 180 valence electrons. The predicted molar refractivity (Wildman–Crippen MR) is 131 cm³/mol. The maximum atomic E-state index is 12.6. The van der Waals surface area contributed by atoms with E-state index in [2.05, 4.69) is 53.1 Å². The lowest BCUT2D eigenvalue weighted by molar-refractivity contribution is -0.201. The number of benzene rings is 2. The SMILES string of the molecule is CCN(Cc1ccccc1)[C@H]1CC[C@]2(O)C3Cc4ccc(O)c5c4[C@]2(CCN3CC2CC2)[C@@H]1O5. The van der Waals surface area contributed by atoms with Crippen molar-refractivity contribution in [2.75, 3.05) is 19.6 Å². The van der Waals surface area contributed by atoms with Crippen LogP contribution in [0.4, 0.5) is 0 Å². The number of piperidine rings is 1. The molecule has 1 spiro atoms. The molecule has 0 radical (unpaired) electrons. The van der Waals surface area contributed by atoms with Crippen molar-refractivity contribution >= 4 is 0 Å². The van der Waals surface area contributed by atoms with Gasteiger partial charge < -0.3 is 14.9 Å². The van der Waals surface area contributed by atoms with Gasteiger partial charge in [-0.15, -0.1) is 0 Å². The van der Waals surface area contributed by atoms with Gasteiger partial charge in [0.1, 0.15) is 6.10 Å². The van der Waals surface area contributed by atoms with Crippen LogP contribution >= 0.6 is 0 Å². The Morgan fingerprint density at radius 1 is 1.09 bits per heavy atom. The first-order chi connectivity index (χ1) is 16.5. The summed E-state index contributed by atoms with van der Waals surface area (Å²) in [6.07, 6.45) is 6.00. The van der Waals surface area contributed by atoms with Gasteiger partial charge in [0.05, 0.1) is 11.0 Å². The topological polar surface area (TPSA) is 56.2 Å². The molecule has 5 atom stereocenters. The molecule has 2 aromatic carbocycles. The first-order valence-corrected chi connectivity index (χ1v) is 13.3. The normalized spacial score (nSPS) is 35.8. The summed E-state index contributed by atoms with van der Waals surface area (Å²) in [7, 11) is 0. The van der Waals surface area contributed by atoms with Crippen molar-refractivity contribution < 1.29 is 14.9 Å².